The van der Waals surface area contributed by atoms with Gasteiger partial charge in [0.05, 0.1) is 18.4 Å². The molecule has 11 heteroatoms. The Morgan fingerprint density at radius 2 is 1.96 bits per heavy atom. The summed E-state index contributed by atoms with van der Waals surface area (Å²) in [5, 5.41) is 9.64. The number of carbonyl (C=O) groups excluding carboxylic acids is 1. The third-order valence-electron chi connectivity index (χ3n) is 3.65. The van der Waals surface area contributed by atoms with E-state index in [0.717, 1.165) is 10.2 Å². The third-order valence-corrected chi connectivity index (χ3v) is 4.38. The van der Waals surface area contributed by atoms with Crippen LogP contribution in [0, 0.1) is 0 Å². The highest BCUT2D eigenvalue weighted by atomic mass is 35.5. The number of nitrogens with zero attached hydrogens (tertiary/aromatic N) is 4. The van der Waals surface area contributed by atoms with Crippen LogP contribution in [0.3, 0.4) is 0 Å². The zero-order valence-electron chi connectivity index (χ0n) is 13.8. The van der Waals surface area contributed by atoms with E-state index in [9.17, 15) is 18.0 Å². The SMILES string of the molecule is Cn1nc(C(F)(F)F)c(Cl)c1C(=O)Nc1cnn(Cc2ccccc2Cl)c1. The van der Waals surface area contributed by atoms with E-state index in [1.165, 1.54) is 24.1 Å². The largest absolute Gasteiger partial charge is 0.436 e. The van der Waals surface area contributed by atoms with Crippen molar-refractivity contribution in [2.75, 3.05) is 5.32 Å². The second-order valence-electron chi connectivity index (χ2n) is 5.60. The van der Waals surface area contributed by atoms with Crippen molar-refractivity contribution < 1.29 is 18.0 Å². The Morgan fingerprint density at radius 1 is 1.26 bits per heavy atom. The summed E-state index contributed by atoms with van der Waals surface area (Å²) >= 11 is 11.8. The van der Waals surface area contributed by atoms with Gasteiger partial charge in [-0.1, -0.05) is 41.4 Å². The number of alkyl halides is 3. The van der Waals surface area contributed by atoms with Gasteiger partial charge in [0.15, 0.2) is 5.69 Å². The summed E-state index contributed by atoms with van der Waals surface area (Å²) in [7, 11) is 1.21. The molecule has 6 nitrogen and oxygen atoms in total. The lowest BCUT2D eigenvalue weighted by Crippen LogP contribution is -2.16. The van der Waals surface area contributed by atoms with Gasteiger partial charge in [-0.25, -0.2) is 0 Å². The average molecular weight is 418 g/mol. The summed E-state index contributed by atoms with van der Waals surface area (Å²) in [6, 6.07) is 7.20. The number of halogens is 5. The quantitative estimate of drug-likeness (QED) is 0.690. The molecule has 142 valence electrons. The van der Waals surface area contributed by atoms with Crippen LogP contribution >= 0.6 is 23.2 Å². The van der Waals surface area contributed by atoms with Gasteiger partial charge in [0.1, 0.15) is 10.7 Å². The maximum absolute atomic E-state index is 12.9. The molecule has 0 aliphatic carbocycles. The molecule has 0 spiro atoms. The third kappa shape index (κ3) is 4.09. The highest BCUT2D eigenvalue weighted by Gasteiger charge is 2.39. The normalized spacial score (nSPS) is 11.6. The van der Waals surface area contributed by atoms with Crippen LogP contribution in [0.25, 0.3) is 0 Å². The molecule has 0 atom stereocenters. The number of aromatic nitrogens is 4. The van der Waals surface area contributed by atoms with Gasteiger partial charge in [0, 0.05) is 18.3 Å². The molecule has 0 aliphatic rings. The highest BCUT2D eigenvalue weighted by molar-refractivity contribution is 6.34. The van der Waals surface area contributed by atoms with Crippen LogP contribution in [0.15, 0.2) is 36.7 Å². The van der Waals surface area contributed by atoms with Crippen LogP contribution in [-0.4, -0.2) is 25.5 Å². The Balaban J connectivity index is 1.77. The summed E-state index contributed by atoms with van der Waals surface area (Å²) < 4.78 is 40.9. The van der Waals surface area contributed by atoms with E-state index >= 15 is 0 Å². The van der Waals surface area contributed by atoms with Gasteiger partial charge in [-0.15, -0.1) is 0 Å². The molecule has 0 fully saturated rings. The van der Waals surface area contributed by atoms with Crippen molar-refractivity contribution in [2.45, 2.75) is 12.7 Å². The van der Waals surface area contributed by atoms with Gasteiger partial charge in [0.25, 0.3) is 5.91 Å². The van der Waals surface area contributed by atoms with Crippen LogP contribution in [-0.2, 0) is 19.8 Å². The number of nitrogens with one attached hydrogen (secondary N) is 1. The Kier molecular flexibility index (Phi) is 5.16. The lowest BCUT2D eigenvalue weighted by Gasteiger charge is -2.05. The fourth-order valence-corrected chi connectivity index (χ4v) is 2.98. The van der Waals surface area contributed by atoms with E-state index in [2.05, 4.69) is 15.5 Å². The van der Waals surface area contributed by atoms with Gasteiger partial charge < -0.3 is 5.32 Å². The van der Waals surface area contributed by atoms with Gasteiger partial charge in [-0.05, 0) is 11.6 Å². The summed E-state index contributed by atoms with van der Waals surface area (Å²) in [5.41, 5.74) is -0.600. The minimum atomic E-state index is -4.76. The minimum absolute atomic E-state index is 0.290. The van der Waals surface area contributed by atoms with Gasteiger partial charge in [-0.3, -0.25) is 14.2 Å². The molecule has 0 aliphatic heterocycles. The second-order valence-corrected chi connectivity index (χ2v) is 6.39. The maximum atomic E-state index is 12.9. The number of anilines is 1. The van der Waals surface area contributed by atoms with Crippen molar-refractivity contribution in [3.8, 4) is 0 Å². The average Bonchev–Trinajstić information content (AvgIpc) is 3.13. The summed E-state index contributed by atoms with van der Waals surface area (Å²) in [4.78, 5) is 12.3. The first-order valence-electron chi connectivity index (χ1n) is 7.53. The van der Waals surface area contributed by atoms with Gasteiger partial charge in [0.2, 0.25) is 0 Å². The molecule has 1 N–H and O–H groups in total. The maximum Gasteiger partial charge on any atom is 0.436 e. The van der Waals surface area contributed by atoms with E-state index in [4.69, 9.17) is 23.2 Å². The molecule has 3 rings (SSSR count). The molecular weight excluding hydrogens is 406 g/mol. The van der Waals surface area contributed by atoms with Crippen LogP contribution < -0.4 is 5.32 Å². The Labute approximate surface area is 161 Å². The second kappa shape index (κ2) is 7.24. The molecule has 0 unspecified atom stereocenters. The minimum Gasteiger partial charge on any atom is -0.318 e. The molecule has 0 saturated heterocycles. The van der Waals surface area contributed by atoms with E-state index in [-0.39, 0.29) is 5.69 Å². The molecule has 3 aromatic rings. The summed E-state index contributed by atoms with van der Waals surface area (Å²) in [5.74, 6) is -0.831. The van der Waals surface area contributed by atoms with Crippen molar-refractivity contribution in [3.63, 3.8) is 0 Å². The van der Waals surface area contributed by atoms with Crippen molar-refractivity contribution >= 4 is 34.8 Å². The first-order chi connectivity index (χ1) is 12.7. The molecule has 27 heavy (non-hydrogen) atoms. The number of amides is 1. The number of aryl methyl sites for hydroxylation is 1. The zero-order valence-corrected chi connectivity index (χ0v) is 15.3. The Morgan fingerprint density at radius 3 is 2.59 bits per heavy atom. The van der Waals surface area contributed by atoms with Gasteiger partial charge in [-0.2, -0.15) is 23.4 Å². The van der Waals surface area contributed by atoms with Crippen LogP contribution in [0.4, 0.5) is 18.9 Å². The molecule has 1 aromatic carbocycles. The van der Waals surface area contributed by atoms with E-state index in [1.807, 2.05) is 12.1 Å². The topological polar surface area (TPSA) is 64.7 Å². The van der Waals surface area contributed by atoms with Crippen LogP contribution in [0.5, 0.6) is 0 Å². The lowest BCUT2D eigenvalue weighted by atomic mass is 10.2. The van der Waals surface area contributed by atoms with Crippen molar-refractivity contribution in [2.24, 2.45) is 7.05 Å². The van der Waals surface area contributed by atoms with Crippen molar-refractivity contribution in [3.05, 3.63) is 63.7 Å². The fraction of sp³-hybridized carbons (Fsp3) is 0.188. The van der Waals surface area contributed by atoms with Crippen molar-refractivity contribution in [1.82, 2.24) is 19.6 Å². The molecule has 0 bridgehead atoms. The Hall–Kier alpha value is -2.52. The Bertz CT molecular complexity index is 996. The molecular formula is C16H12Cl2F3N5O. The first kappa shape index (κ1) is 19.2. The van der Waals surface area contributed by atoms with E-state index in [0.29, 0.717) is 11.6 Å². The molecule has 0 radical (unpaired) electrons. The van der Waals surface area contributed by atoms with Crippen molar-refractivity contribution in [1.29, 1.82) is 0 Å². The predicted octanol–water partition coefficient (Wildman–Crippen LogP) is 4.24. The lowest BCUT2D eigenvalue weighted by molar-refractivity contribution is -0.141. The van der Waals surface area contributed by atoms with Crippen LogP contribution in [0.2, 0.25) is 10.0 Å². The van der Waals surface area contributed by atoms with E-state index < -0.39 is 28.5 Å². The number of benzene rings is 1. The number of carbonyl (C=O) groups is 1. The molecule has 2 heterocycles. The summed E-state index contributed by atoms with van der Waals surface area (Å²) in [6.07, 6.45) is -1.87. The molecule has 0 saturated carbocycles. The number of rotatable bonds is 4. The van der Waals surface area contributed by atoms with E-state index in [1.54, 1.807) is 12.1 Å². The smallest absolute Gasteiger partial charge is 0.318 e. The highest BCUT2D eigenvalue weighted by Crippen LogP contribution is 2.35. The molecule has 1 amide bonds. The zero-order chi connectivity index (χ0) is 19.8. The van der Waals surface area contributed by atoms with Gasteiger partial charge >= 0.3 is 6.18 Å². The molecule has 2 aromatic heterocycles. The first-order valence-corrected chi connectivity index (χ1v) is 8.29. The standard InChI is InChI=1S/C16H12Cl2F3N5O/c1-25-13(12(18)14(24-25)16(19,20)21)15(27)23-10-6-22-26(8-10)7-9-4-2-3-5-11(9)17/h2-6,8H,7H2,1H3,(H,23,27). The monoisotopic (exact) mass is 417 g/mol. The predicted molar refractivity (Wildman–Crippen MR) is 94.0 cm³/mol. The summed E-state index contributed by atoms with van der Waals surface area (Å²) in [6.45, 7) is 0.361. The number of hydrogen-bond donors (Lipinski definition) is 1. The fourth-order valence-electron chi connectivity index (χ4n) is 2.43. The van der Waals surface area contributed by atoms with Crippen LogP contribution in [0.1, 0.15) is 21.7 Å². The number of hydrogen-bond acceptors (Lipinski definition) is 3.